The molecule has 0 saturated heterocycles. The van der Waals surface area contributed by atoms with Gasteiger partial charge in [0.15, 0.2) is 0 Å². The Kier molecular flexibility index (Phi) is 9.11. The van der Waals surface area contributed by atoms with Crippen LogP contribution in [0.5, 0.6) is 5.75 Å². The lowest BCUT2D eigenvalue weighted by atomic mass is 10.1. The molecule has 4 heteroatoms. The van der Waals surface area contributed by atoms with Crippen molar-refractivity contribution in [1.29, 1.82) is 0 Å². The van der Waals surface area contributed by atoms with Gasteiger partial charge in [-0.2, -0.15) is 5.10 Å². The zero-order valence-corrected chi connectivity index (χ0v) is 16.4. The maximum atomic E-state index is 12.4. The monoisotopic (exact) mass is 366 g/mol. The lowest BCUT2D eigenvalue weighted by molar-refractivity contribution is 0.0954. The van der Waals surface area contributed by atoms with Crippen molar-refractivity contribution >= 4 is 11.6 Å². The van der Waals surface area contributed by atoms with E-state index in [9.17, 15) is 4.79 Å². The van der Waals surface area contributed by atoms with Gasteiger partial charge in [0.25, 0.3) is 5.91 Å². The Labute approximate surface area is 162 Å². The molecule has 0 aromatic heterocycles. The second-order valence-electron chi connectivity index (χ2n) is 6.55. The smallest absolute Gasteiger partial charge is 0.271 e. The van der Waals surface area contributed by atoms with Crippen LogP contribution in [0, 0.1) is 0 Å². The highest BCUT2D eigenvalue weighted by Gasteiger charge is 2.07. The number of nitrogens with zero attached hydrogens (tertiary/aromatic N) is 1. The normalized spacial score (nSPS) is 11.3. The molecule has 0 aliphatic carbocycles. The number of carbonyl (C=O) groups is 1. The Morgan fingerprint density at radius 2 is 1.63 bits per heavy atom. The summed E-state index contributed by atoms with van der Waals surface area (Å²) in [5.74, 6) is 0.580. The van der Waals surface area contributed by atoms with Crippen LogP contribution in [0.3, 0.4) is 0 Å². The minimum Gasteiger partial charge on any atom is -0.494 e. The molecule has 0 unspecified atom stereocenters. The van der Waals surface area contributed by atoms with Crippen LogP contribution in [0.25, 0.3) is 0 Å². The van der Waals surface area contributed by atoms with Crippen molar-refractivity contribution in [1.82, 2.24) is 5.43 Å². The van der Waals surface area contributed by atoms with Gasteiger partial charge in [-0.05, 0) is 42.7 Å². The standard InChI is InChI=1S/C23H30N2O2/c1-3-5-6-10-18-27-21-16-14-20(15-17-21)23(26)25-24-22(11-4-2)19-12-8-7-9-13-19/h7-9,12-17H,3-6,10-11,18H2,1-2H3,(H,25,26). The molecule has 0 fully saturated rings. The van der Waals surface area contributed by atoms with Crippen molar-refractivity contribution in [3.63, 3.8) is 0 Å². The number of amides is 1. The van der Waals surface area contributed by atoms with Gasteiger partial charge in [-0.15, -0.1) is 0 Å². The van der Waals surface area contributed by atoms with Crippen molar-refractivity contribution in [2.75, 3.05) is 6.61 Å². The van der Waals surface area contributed by atoms with Crippen LogP contribution < -0.4 is 10.2 Å². The first-order valence-corrected chi connectivity index (χ1v) is 9.89. The maximum Gasteiger partial charge on any atom is 0.271 e. The average molecular weight is 367 g/mol. The van der Waals surface area contributed by atoms with E-state index in [-0.39, 0.29) is 5.91 Å². The first kappa shape index (κ1) is 20.7. The third-order valence-corrected chi connectivity index (χ3v) is 4.27. The Morgan fingerprint density at radius 1 is 0.889 bits per heavy atom. The number of nitrogens with one attached hydrogen (secondary N) is 1. The molecule has 0 radical (unpaired) electrons. The number of unbranched alkanes of at least 4 members (excludes halogenated alkanes) is 3. The number of carbonyl (C=O) groups excluding carboxylic acids is 1. The second kappa shape index (κ2) is 11.9. The van der Waals surface area contributed by atoms with Gasteiger partial charge in [-0.3, -0.25) is 4.79 Å². The highest BCUT2D eigenvalue weighted by Crippen LogP contribution is 2.13. The molecule has 4 nitrogen and oxygen atoms in total. The molecule has 0 aliphatic rings. The maximum absolute atomic E-state index is 12.4. The van der Waals surface area contributed by atoms with Gasteiger partial charge >= 0.3 is 0 Å². The van der Waals surface area contributed by atoms with E-state index in [2.05, 4.69) is 24.4 Å². The molecule has 27 heavy (non-hydrogen) atoms. The molecule has 0 spiro atoms. The number of rotatable bonds is 11. The topological polar surface area (TPSA) is 50.7 Å². The summed E-state index contributed by atoms with van der Waals surface area (Å²) in [6, 6.07) is 17.2. The first-order chi connectivity index (χ1) is 13.2. The van der Waals surface area contributed by atoms with Crippen molar-refractivity contribution in [3.05, 3.63) is 65.7 Å². The second-order valence-corrected chi connectivity index (χ2v) is 6.55. The minimum atomic E-state index is -0.214. The van der Waals surface area contributed by atoms with E-state index in [0.29, 0.717) is 12.2 Å². The summed E-state index contributed by atoms with van der Waals surface area (Å²) in [4.78, 5) is 12.4. The molecule has 2 rings (SSSR count). The molecule has 2 aromatic rings. The van der Waals surface area contributed by atoms with Gasteiger partial charge in [-0.1, -0.05) is 69.9 Å². The largest absolute Gasteiger partial charge is 0.494 e. The summed E-state index contributed by atoms with van der Waals surface area (Å²) in [6.45, 7) is 5.01. The summed E-state index contributed by atoms with van der Waals surface area (Å²) in [5, 5.41) is 4.35. The quantitative estimate of drug-likeness (QED) is 0.321. The van der Waals surface area contributed by atoms with Gasteiger partial charge in [0.1, 0.15) is 5.75 Å². The predicted octanol–water partition coefficient (Wildman–Crippen LogP) is 5.58. The van der Waals surface area contributed by atoms with Crippen LogP contribution in [0.1, 0.15) is 68.3 Å². The van der Waals surface area contributed by atoms with Crippen LogP contribution in [0.15, 0.2) is 59.7 Å². The average Bonchev–Trinajstić information content (AvgIpc) is 2.72. The third kappa shape index (κ3) is 7.26. The van der Waals surface area contributed by atoms with Crippen molar-refractivity contribution < 1.29 is 9.53 Å². The highest BCUT2D eigenvalue weighted by molar-refractivity contribution is 6.02. The van der Waals surface area contributed by atoms with E-state index < -0.39 is 0 Å². The van der Waals surface area contributed by atoms with E-state index in [1.165, 1.54) is 19.3 Å². The summed E-state index contributed by atoms with van der Waals surface area (Å²) < 4.78 is 5.72. The van der Waals surface area contributed by atoms with Crippen LogP contribution in [-0.2, 0) is 0 Å². The molecule has 0 atom stereocenters. The fourth-order valence-corrected chi connectivity index (χ4v) is 2.74. The highest BCUT2D eigenvalue weighted by atomic mass is 16.5. The molecule has 1 amide bonds. The van der Waals surface area contributed by atoms with Crippen LogP contribution in [0.2, 0.25) is 0 Å². The summed E-state index contributed by atoms with van der Waals surface area (Å²) in [7, 11) is 0. The molecule has 0 bridgehead atoms. The Hall–Kier alpha value is -2.62. The molecular formula is C23H30N2O2. The van der Waals surface area contributed by atoms with Crippen LogP contribution in [0.4, 0.5) is 0 Å². The number of benzene rings is 2. The Balaban J connectivity index is 1.90. The summed E-state index contributed by atoms with van der Waals surface area (Å²) in [5.41, 5.74) is 5.17. The predicted molar refractivity (Wildman–Crippen MR) is 111 cm³/mol. The minimum absolute atomic E-state index is 0.214. The molecule has 0 aliphatic heterocycles. The lowest BCUT2D eigenvalue weighted by Crippen LogP contribution is -2.20. The number of hydrogen-bond donors (Lipinski definition) is 1. The summed E-state index contributed by atoms with van der Waals surface area (Å²) >= 11 is 0. The third-order valence-electron chi connectivity index (χ3n) is 4.27. The SMILES string of the molecule is CCCCCCOc1ccc(C(=O)NN=C(CCC)c2ccccc2)cc1. The number of hydrogen-bond acceptors (Lipinski definition) is 3. The van der Waals surface area contributed by atoms with Gasteiger partial charge in [0, 0.05) is 5.56 Å². The van der Waals surface area contributed by atoms with E-state index >= 15 is 0 Å². The van der Waals surface area contributed by atoms with Crippen molar-refractivity contribution in [3.8, 4) is 5.75 Å². The molecule has 1 N–H and O–H groups in total. The van der Waals surface area contributed by atoms with Crippen molar-refractivity contribution in [2.24, 2.45) is 5.10 Å². The number of ether oxygens (including phenoxy) is 1. The molecule has 0 heterocycles. The fourth-order valence-electron chi connectivity index (χ4n) is 2.74. The molecule has 0 saturated carbocycles. The van der Waals surface area contributed by atoms with E-state index in [4.69, 9.17) is 4.74 Å². The zero-order valence-electron chi connectivity index (χ0n) is 16.4. The van der Waals surface area contributed by atoms with Crippen molar-refractivity contribution in [2.45, 2.75) is 52.4 Å². The lowest BCUT2D eigenvalue weighted by Gasteiger charge is -2.08. The molecular weight excluding hydrogens is 336 g/mol. The van der Waals surface area contributed by atoms with Crippen LogP contribution in [-0.4, -0.2) is 18.2 Å². The Bertz CT molecular complexity index is 709. The van der Waals surface area contributed by atoms with Gasteiger partial charge in [0.05, 0.1) is 12.3 Å². The molecule has 144 valence electrons. The number of hydrazone groups is 1. The molecule has 2 aromatic carbocycles. The fraction of sp³-hybridized carbons (Fsp3) is 0.391. The summed E-state index contributed by atoms with van der Waals surface area (Å²) in [6.07, 6.45) is 6.49. The van der Waals surface area contributed by atoms with Gasteiger partial charge < -0.3 is 4.74 Å². The zero-order chi connectivity index (χ0) is 19.3. The first-order valence-electron chi connectivity index (χ1n) is 9.89. The van der Waals surface area contributed by atoms with E-state index in [1.807, 2.05) is 42.5 Å². The van der Waals surface area contributed by atoms with Gasteiger partial charge in [0.2, 0.25) is 0 Å². The van der Waals surface area contributed by atoms with E-state index in [1.54, 1.807) is 12.1 Å². The van der Waals surface area contributed by atoms with Gasteiger partial charge in [-0.25, -0.2) is 5.43 Å². The van der Waals surface area contributed by atoms with Crippen LogP contribution >= 0.6 is 0 Å². The van der Waals surface area contributed by atoms with E-state index in [0.717, 1.165) is 36.3 Å². The Morgan fingerprint density at radius 3 is 2.30 bits per heavy atom.